The Morgan fingerprint density at radius 2 is 1.90 bits per heavy atom. The van der Waals surface area contributed by atoms with Gasteiger partial charge in [0.1, 0.15) is 11.4 Å². The molecule has 2 aromatic rings. The molecule has 0 heterocycles. The molecule has 106 valence electrons. The summed E-state index contributed by atoms with van der Waals surface area (Å²) in [6.07, 6.45) is 0.407. The number of hydrogen-bond acceptors (Lipinski definition) is 1. The van der Waals surface area contributed by atoms with Crippen LogP contribution in [0.1, 0.15) is 35.6 Å². The normalized spacial score (nSPS) is 14.1. The lowest BCUT2D eigenvalue weighted by Gasteiger charge is -2.30. The van der Waals surface area contributed by atoms with Gasteiger partial charge in [0.15, 0.2) is 0 Å². The average molecular weight is 337 g/mol. The predicted octanol–water partition coefficient (Wildman–Crippen LogP) is 4.85. The standard InChI is InChI=1S/C17H18BrFO/c1-4-17(20,13-6-5-7-14(18)10-13)16-12(3)8-11(2)9-15(16)19/h5-10,20H,4H2,1-3H3. The van der Waals surface area contributed by atoms with E-state index in [0.717, 1.165) is 15.6 Å². The third-order valence-electron chi connectivity index (χ3n) is 3.66. The van der Waals surface area contributed by atoms with Gasteiger partial charge in [-0.3, -0.25) is 0 Å². The van der Waals surface area contributed by atoms with E-state index in [1.165, 1.54) is 6.07 Å². The maximum absolute atomic E-state index is 14.4. The van der Waals surface area contributed by atoms with E-state index in [1.54, 1.807) is 0 Å². The fourth-order valence-corrected chi connectivity index (χ4v) is 3.11. The fraction of sp³-hybridized carbons (Fsp3) is 0.294. The third-order valence-corrected chi connectivity index (χ3v) is 4.15. The Morgan fingerprint density at radius 3 is 2.45 bits per heavy atom. The number of aliphatic hydroxyl groups is 1. The highest BCUT2D eigenvalue weighted by Gasteiger charge is 2.34. The second kappa shape index (κ2) is 5.66. The molecule has 20 heavy (non-hydrogen) atoms. The van der Waals surface area contributed by atoms with Gasteiger partial charge in [0.2, 0.25) is 0 Å². The average Bonchev–Trinajstić information content (AvgIpc) is 2.37. The monoisotopic (exact) mass is 336 g/mol. The quantitative estimate of drug-likeness (QED) is 0.849. The molecule has 3 heteroatoms. The van der Waals surface area contributed by atoms with Crippen molar-refractivity contribution in [1.82, 2.24) is 0 Å². The molecule has 0 aliphatic carbocycles. The van der Waals surface area contributed by atoms with Crippen molar-refractivity contribution in [2.45, 2.75) is 32.8 Å². The molecule has 0 fully saturated rings. The van der Waals surface area contributed by atoms with Crippen molar-refractivity contribution in [3.05, 3.63) is 68.9 Å². The van der Waals surface area contributed by atoms with Crippen molar-refractivity contribution in [1.29, 1.82) is 0 Å². The molecule has 0 bridgehead atoms. The number of benzene rings is 2. The van der Waals surface area contributed by atoms with E-state index in [2.05, 4.69) is 15.9 Å². The minimum absolute atomic E-state index is 0.355. The van der Waals surface area contributed by atoms with Crippen LogP contribution in [0, 0.1) is 19.7 Å². The molecule has 2 aromatic carbocycles. The SMILES string of the molecule is CCC(O)(c1cccc(Br)c1)c1c(C)cc(C)cc1F. The summed E-state index contributed by atoms with van der Waals surface area (Å²) < 4.78 is 15.3. The zero-order chi connectivity index (χ0) is 14.9. The maximum atomic E-state index is 14.4. The molecule has 1 atom stereocenters. The molecule has 0 saturated carbocycles. The summed E-state index contributed by atoms with van der Waals surface area (Å²) in [5.41, 5.74) is 1.37. The van der Waals surface area contributed by atoms with Crippen LogP contribution < -0.4 is 0 Å². The van der Waals surface area contributed by atoms with Crippen LogP contribution in [0.5, 0.6) is 0 Å². The zero-order valence-electron chi connectivity index (χ0n) is 11.9. The van der Waals surface area contributed by atoms with Crippen LogP contribution in [0.15, 0.2) is 40.9 Å². The summed E-state index contributed by atoms with van der Waals surface area (Å²) in [5, 5.41) is 11.1. The number of rotatable bonds is 3. The van der Waals surface area contributed by atoms with E-state index >= 15 is 0 Å². The Kier molecular flexibility index (Phi) is 4.31. The number of hydrogen-bond donors (Lipinski definition) is 1. The van der Waals surface area contributed by atoms with Gasteiger partial charge in [-0.05, 0) is 55.2 Å². The van der Waals surface area contributed by atoms with E-state index in [0.29, 0.717) is 17.5 Å². The lowest BCUT2D eigenvalue weighted by molar-refractivity contribution is 0.0718. The first-order valence-electron chi connectivity index (χ1n) is 6.64. The highest BCUT2D eigenvalue weighted by atomic mass is 79.9. The molecule has 0 saturated heterocycles. The zero-order valence-corrected chi connectivity index (χ0v) is 13.5. The van der Waals surface area contributed by atoms with Crippen LogP contribution in [0.3, 0.4) is 0 Å². The summed E-state index contributed by atoms with van der Waals surface area (Å²) >= 11 is 3.40. The van der Waals surface area contributed by atoms with Crippen molar-refractivity contribution in [2.75, 3.05) is 0 Å². The van der Waals surface area contributed by atoms with Crippen LogP contribution in [0.2, 0.25) is 0 Å². The molecule has 1 nitrogen and oxygen atoms in total. The molecule has 0 aliphatic heterocycles. The minimum atomic E-state index is -1.31. The van der Waals surface area contributed by atoms with Gasteiger partial charge in [-0.2, -0.15) is 0 Å². The van der Waals surface area contributed by atoms with Gasteiger partial charge >= 0.3 is 0 Å². The van der Waals surface area contributed by atoms with Crippen molar-refractivity contribution in [3.63, 3.8) is 0 Å². The smallest absolute Gasteiger partial charge is 0.130 e. The van der Waals surface area contributed by atoms with Gasteiger partial charge in [-0.1, -0.05) is 41.1 Å². The van der Waals surface area contributed by atoms with Gasteiger partial charge in [0.25, 0.3) is 0 Å². The van der Waals surface area contributed by atoms with E-state index in [-0.39, 0.29) is 5.82 Å². The van der Waals surface area contributed by atoms with Gasteiger partial charge in [0, 0.05) is 10.0 Å². The first-order valence-corrected chi connectivity index (χ1v) is 7.43. The highest BCUT2D eigenvalue weighted by Crippen LogP contribution is 2.37. The van der Waals surface area contributed by atoms with Crippen molar-refractivity contribution in [2.24, 2.45) is 0 Å². The van der Waals surface area contributed by atoms with E-state index in [4.69, 9.17) is 0 Å². The number of halogens is 2. The minimum Gasteiger partial charge on any atom is -0.380 e. The van der Waals surface area contributed by atoms with E-state index < -0.39 is 5.60 Å². The van der Waals surface area contributed by atoms with Gasteiger partial charge in [0.05, 0.1) is 0 Å². The van der Waals surface area contributed by atoms with Gasteiger partial charge in [-0.15, -0.1) is 0 Å². The summed E-state index contributed by atoms with van der Waals surface area (Å²) in [5.74, 6) is -0.355. The van der Waals surface area contributed by atoms with Crippen LogP contribution in [-0.4, -0.2) is 5.11 Å². The fourth-order valence-electron chi connectivity index (χ4n) is 2.71. The summed E-state index contributed by atoms with van der Waals surface area (Å²) in [7, 11) is 0. The van der Waals surface area contributed by atoms with Crippen molar-refractivity contribution < 1.29 is 9.50 Å². The van der Waals surface area contributed by atoms with E-state index in [9.17, 15) is 9.50 Å². The Hall–Kier alpha value is -1.19. The van der Waals surface area contributed by atoms with Crippen molar-refractivity contribution >= 4 is 15.9 Å². The Bertz CT molecular complexity index is 616. The van der Waals surface area contributed by atoms with Crippen molar-refractivity contribution in [3.8, 4) is 0 Å². The molecular weight excluding hydrogens is 319 g/mol. The van der Waals surface area contributed by atoms with E-state index in [1.807, 2.05) is 51.1 Å². The molecule has 0 amide bonds. The lowest BCUT2D eigenvalue weighted by Crippen LogP contribution is -2.29. The molecule has 1 N–H and O–H groups in total. The molecular formula is C17H18BrFO. The molecule has 0 aromatic heterocycles. The highest BCUT2D eigenvalue weighted by molar-refractivity contribution is 9.10. The largest absolute Gasteiger partial charge is 0.380 e. The molecule has 2 rings (SSSR count). The predicted molar refractivity (Wildman–Crippen MR) is 83.3 cm³/mol. The Balaban J connectivity index is 2.68. The Morgan fingerprint density at radius 1 is 1.20 bits per heavy atom. The first kappa shape index (κ1) is 15.2. The second-order valence-corrected chi connectivity index (χ2v) is 6.08. The molecule has 0 radical (unpaired) electrons. The van der Waals surface area contributed by atoms with Crippen LogP contribution in [0.25, 0.3) is 0 Å². The third kappa shape index (κ3) is 2.65. The summed E-state index contributed by atoms with van der Waals surface area (Å²) in [6.45, 7) is 5.55. The molecule has 1 unspecified atom stereocenters. The molecule has 0 spiro atoms. The summed E-state index contributed by atoms with van der Waals surface area (Å²) in [4.78, 5) is 0. The molecule has 0 aliphatic rings. The number of aryl methyl sites for hydroxylation is 2. The Labute approximate surface area is 127 Å². The lowest BCUT2D eigenvalue weighted by atomic mass is 9.81. The first-order chi connectivity index (χ1) is 9.38. The summed E-state index contributed by atoms with van der Waals surface area (Å²) in [6, 6.07) is 10.8. The van der Waals surface area contributed by atoms with Crippen LogP contribution >= 0.6 is 15.9 Å². The van der Waals surface area contributed by atoms with Gasteiger partial charge in [-0.25, -0.2) is 4.39 Å². The van der Waals surface area contributed by atoms with Gasteiger partial charge < -0.3 is 5.11 Å². The topological polar surface area (TPSA) is 20.2 Å². The van der Waals surface area contributed by atoms with Crippen LogP contribution in [-0.2, 0) is 5.60 Å². The maximum Gasteiger partial charge on any atom is 0.130 e. The van der Waals surface area contributed by atoms with Crippen LogP contribution in [0.4, 0.5) is 4.39 Å². The second-order valence-electron chi connectivity index (χ2n) is 5.16.